The Morgan fingerprint density at radius 3 is 2.67 bits per heavy atom. The average molecular weight is 291 g/mol. The Morgan fingerprint density at radius 1 is 1.33 bits per heavy atom. The van der Waals surface area contributed by atoms with Crippen LogP contribution in [-0.2, 0) is 0 Å². The number of aromatic carboxylic acids is 1. The summed E-state index contributed by atoms with van der Waals surface area (Å²) in [6, 6.07) is 7.63. The summed E-state index contributed by atoms with van der Waals surface area (Å²) in [5, 5.41) is 19.8. The second-order valence-electron chi connectivity index (χ2n) is 4.23. The SMILES string of the molecule is Cc1ccc(Oc2cccc(F)c2C(=O)O)cc1[N+](=O)[O-]. The van der Waals surface area contributed by atoms with Gasteiger partial charge in [0, 0.05) is 5.56 Å². The van der Waals surface area contributed by atoms with E-state index in [0.29, 0.717) is 5.56 Å². The third-order valence-corrected chi connectivity index (χ3v) is 2.79. The Hall–Kier alpha value is -2.96. The largest absolute Gasteiger partial charge is 0.477 e. The van der Waals surface area contributed by atoms with Crippen LogP contribution in [0.3, 0.4) is 0 Å². The van der Waals surface area contributed by atoms with Crippen molar-refractivity contribution in [1.29, 1.82) is 0 Å². The first-order valence-corrected chi connectivity index (χ1v) is 5.85. The molecule has 0 spiro atoms. The summed E-state index contributed by atoms with van der Waals surface area (Å²) in [6.07, 6.45) is 0. The van der Waals surface area contributed by atoms with E-state index in [4.69, 9.17) is 9.84 Å². The van der Waals surface area contributed by atoms with Crippen LogP contribution in [0.25, 0.3) is 0 Å². The Labute approximate surface area is 118 Å². The maximum Gasteiger partial charge on any atom is 0.342 e. The number of aryl methyl sites for hydroxylation is 1. The van der Waals surface area contributed by atoms with Crippen molar-refractivity contribution in [3.63, 3.8) is 0 Å². The van der Waals surface area contributed by atoms with E-state index in [1.807, 2.05) is 0 Å². The molecule has 2 aromatic carbocycles. The van der Waals surface area contributed by atoms with E-state index in [1.54, 1.807) is 6.92 Å². The highest BCUT2D eigenvalue weighted by atomic mass is 19.1. The first kappa shape index (κ1) is 14.4. The zero-order valence-corrected chi connectivity index (χ0v) is 10.9. The molecular formula is C14H10FNO5. The molecule has 0 aliphatic heterocycles. The molecule has 0 heterocycles. The fourth-order valence-electron chi connectivity index (χ4n) is 1.77. The van der Waals surface area contributed by atoms with Gasteiger partial charge >= 0.3 is 5.97 Å². The van der Waals surface area contributed by atoms with Crippen molar-refractivity contribution in [2.75, 3.05) is 0 Å². The summed E-state index contributed by atoms with van der Waals surface area (Å²) >= 11 is 0. The number of nitro benzene ring substituents is 1. The van der Waals surface area contributed by atoms with E-state index < -0.39 is 22.3 Å². The monoisotopic (exact) mass is 291 g/mol. The van der Waals surface area contributed by atoms with Gasteiger partial charge in [-0.2, -0.15) is 0 Å². The number of nitro groups is 1. The smallest absolute Gasteiger partial charge is 0.342 e. The van der Waals surface area contributed by atoms with Gasteiger partial charge in [0.2, 0.25) is 0 Å². The van der Waals surface area contributed by atoms with E-state index in [9.17, 15) is 19.3 Å². The quantitative estimate of drug-likeness (QED) is 0.687. The lowest BCUT2D eigenvalue weighted by Gasteiger charge is -2.09. The Bertz CT molecular complexity index is 729. The fraction of sp³-hybridized carbons (Fsp3) is 0.0714. The van der Waals surface area contributed by atoms with E-state index in [0.717, 1.165) is 12.1 Å². The molecule has 0 atom stereocenters. The number of rotatable bonds is 4. The predicted octanol–water partition coefficient (Wildman–Crippen LogP) is 3.53. The van der Waals surface area contributed by atoms with Crippen molar-refractivity contribution in [2.45, 2.75) is 6.92 Å². The number of ether oxygens (including phenoxy) is 1. The van der Waals surface area contributed by atoms with Crippen LogP contribution in [0.1, 0.15) is 15.9 Å². The minimum Gasteiger partial charge on any atom is -0.477 e. The molecule has 6 nitrogen and oxygen atoms in total. The summed E-state index contributed by atoms with van der Waals surface area (Å²) in [4.78, 5) is 21.3. The van der Waals surface area contributed by atoms with E-state index in [-0.39, 0.29) is 17.2 Å². The molecule has 7 heteroatoms. The van der Waals surface area contributed by atoms with Gasteiger partial charge in [0.25, 0.3) is 5.69 Å². The Morgan fingerprint density at radius 2 is 2.05 bits per heavy atom. The van der Waals surface area contributed by atoms with Gasteiger partial charge in [-0.25, -0.2) is 9.18 Å². The lowest BCUT2D eigenvalue weighted by atomic mass is 10.1. The minimum absolute atomic E-state index is 0.0559. The number of benzene rings is 2. The standard InChI is InChI=1S/C14H10FNO5/c1-8-5-6-9(7-11(8)16(19)20)21-12-4-2-3-10(15)13(12)14(17)18/h2-7H,1H3,(H,17,18). The number of hydrogen-bond donors (Lipinski definition) is 1. The van der Waals surface area contributed by atoms with Gasteiger partial charge in [-0.1, -0.05) is 6.07 Å². The van der Waals surface area contributed by atoms with E-state index in [2.05, 4.69) is 0 Å². The molecule has 2 rings (SSSR count). The molecule has 0 saturated carbocycles. The molecule has 2 aromatic rings. The van der Waals surface area contributed by atoms with Crippen LogP contribution in [-0.4, -0.2) is 16.0 Å². The van der Waals surface area contributed by atoms with Crippen LogP contribution in [0.2, 0.25) is 0 Å². The fourth-order valence-corrected chi connectivity index (χ4v) is 1.77. The molecule has 108 valence electrons. The highest BCUT2D eigenvalue weighted by Gasteiger charge is 2.18. The molecule has 0 fully saturated rings. The minimum atomic E-state index is -1.48. The van der Waals surface area contributed by atoms with Gasteiger partial charge in [0.05, 0.1) is 11.0 Å². The zero-order valence-electron chi connectivity index (χ0n) is 10.9. The number of carboxylic acid groups (broad SMARTS) is 1. The van der Waals surface area contributed by atoms with Crippen LogP contribution < -0.4 is 4.74 Å². The second-order valence-corrected chi connectivity index (χ2v) is 4.23. The van der Waals surface area contributed by atoms with Crippen LogP contribution in [0.15, 0.2) is 36.4 Å². The first-order valence-electron chi connectivity index (χ1n) is 5.85. The molecule has 0 saturated heterocycles. The van der Waals surface area contributed by atoms with Gasteiger partial charge < -0.3 is 9.84 Å². The summed E-state index contributed by atoms with van der Waals surface area (Å²) in [5.41, 5.74) is -0.355. The number of halogens is 1. The molecule has 0 bridgehead atoms. The number of nitrogens with zero attached hydrogens (tertiary/aromatic N) is 1. The Kier molecular flexibility index (Phi) is 3.84. The molecule has 0 radical (unpaired) electrons. The van der Waals surface area contributed by atoms with Crippen LogP contribution in [0.5, 0.6) is 11.5 Å². The van der Waals surface area contributed by atoms with Crippen molar-refractivity contribution in [3.8, 4) is 11.5 Å². The number of carboxylic acids is 1. The first-order chi connectivity index (χ1) is 9.90. The summed E-state index contributed by atoms with van der Waals surface area (Å²) in [5.74, 6) is -2.59. The summed E-state index contributed by atoms with van der Waals surface area (Å²) in [6.45, 7) is 1.56. The molecule has 21 heavy (non-hydrogen) atoms. The van der Waals surface area contributed by atoms with Gasteiger partial charge in [0.15, 0.2) is 0 Å². The lowest BCUT2D eigenvalue weighted by Crippen LogP contribution is -2.03. The second kappa shape index (κ2) is 5.58. The van der Waals surface area contributed by atoms with Crippen molar-refractivity contribution in [1.82, 2.24) is 0 Å². The Balaban J connectivity index is 2.44. The third kappa shape index (κ3) is 2.97. The molecule has 0 amide bonds. The highest BCUT2D eigenvalue weighted by Crippen LogP contribution is 2.30. The van der Waals surface area contributed by atoms with Crippen molar-refractivity contribution in [2.24, 2.45) is 0 Å². The van der Waals surface area contributed by atoms with Crippen LogP contribution in [0.4, 0.5) is 10.1 Å². The number of carbonyl (C=O) groups is 1. The van der Waals surface area contributed by atoms with E-state index >= 15 is 0 Å². The van der Waals surface area contributed by atoms with Crippen LogP contribution in [0, 0.1) is 22.9 Å². The normalized spacial score (nSPS) is 10.2. The van der Waals surface area contributed by atoms with Gasteiger partial charge in [-0.15, -0.1) is 0 Å². The molecule has 0 aliphatic rings. The maximum absolute atomic E-state index is 13.5. The predicted molar refractivity (Wildman–Crippen MR) is 71.3 cm³/mol. The molecular weight excluding hydrogens is 281 g/mol. The van der Waals surface area contributed by atoms with Crippen molar-refractivity contribution >= 4 is 11.7 Å². The maximum atomic E-state index is 13.5. The van der Waals surface area contributed by atoms with E-state index in [1.165, 1.54) is 24.3 Å². The zero-order chi connectivity index (χ0) is 15.6. The summed E-state index contributed by atoms with van der Waals surface area (Å²) in [7, 11) is 0. The molecule has 0 aliphatic carbocycles. The summed E-state index contributed by atoms with van der Waals surface area (Å²) < 4.78 is 18.8. The lowest BCUT2D eigenvalue weighted by molar-refractivity contribution is -0.385. The molecule has 1 N–H and O–H groups in total. The van der Waals surface area contributed by atoms with Gasteiger partial charge in [-0.3, -0.25) is 10.1 Å². The van der Waals surface area contributed by atoms with Crippen LogP contribution >= 0.6 is 0 Å². The van der Waals surface area contributed by atoms with Crippen molar-refractivity contribution in [3.05, 3.63) is 63.5 Å². The van der Waals surface area contributed by atoms with Gasteiger partial charge in [0.1, 0.15) is 22.9 Å². The number of hydrogen-bond acceptors (Lipinski definition) is 4. The molecule has 0 unspecified atom stereocenters. The van der Waals surface area contributed by atoms with Crippen molar-refractivity contribution < 1.29 is 24.0 Å². The topological polar surface area (TPSA) is 89.7 Å². The average Bonchev–Trinajstić information content (AvgIpc) is 2.40. The van der Waals surface area contributed by atoms with Gasteiger partial charge in [-0.05, 0) is 31.2 Å². The third-order valence-electron chi connectivity index (χ3n) is 2.79. The molecule has 0 aromatic heterocycles. The highest BCUT2D eigenvalue weighted by molar-refractivity contribution is 5.91.